The van der Waals surface area contributed by atoms with E-state index in [9.17, 15) is 4.79 Å². The van der Waals surface area contributed by atoms with Gasteiger partial charge in [-0.2, -0.15) is 0 Å². The summed E-state index contributed by atoms with van der Waals surface area (Å²) in [5.74, 6) is -0.192. The van der Waals surface area contributed by atoms with Gasteiger partial charge >= 0.3 is 5.97 Å². The van der Waals surface area contributed by atoms with Crippen LogP contribution >= 0.6 is 0 Å². The summed E-state index contributed by atoms with van der Waals surface area (Å²) in [6.07, 6.45) is 1.73. The normalized spacial score (nSPS) is 17.4. The van der Waals surface area contributed by atoms with E-state index in [1.165, 1.54) is 0 Å². The maximum absolute atomic E-state index is 10.4. The van der Waals surface area contributed by atoms with Crippen molar-refractivity contribution < 1.29 is 23.9 Å². The van der Waals surface area contributed by atoms with Crippen LogP contribution in [0.15, 0.2) is 10.6 Å². The number of methoxy groups -OCH3 is 1. The molecular weight excluding hydrogens is 264 g/mol. The molecular formula is C13H20N2O5. The molecule has 0 atom stereocenters. The Kier molecular flexibility index (Phi) is 5.51. The minimum Gasteiger partial charge on any atom is -0.480 e. The Balaban J connectivity index is 1.72. The fraction of sp³-hybridized carbons (Fsp3) is 0.692. The van der Waals surface area contributed by atoms with Crippen LogP contribution in [-0.2, 0) is 27.4 Å². The van der Waals surface area contributed by atoms with Crippen LogP contribution < -0.4 is 0 Å². The van der Waals surface area contributed by atoms with Gasteiger partial charge in [-0.15, -0.1) is 0 Å². The quantitative estimate of drug-likeness (QED) is 0.795. The number of rotatable bonds is 7. The van der Waals surface area contributed by atoms with Gasteiger partial charge in [0.25, 0.3) is 0 Å². The van der Waals surface area contributed by atoms with Crippen molar-refractivity contribution in [3.63, 3.8) is 0 Å². The average molecular weight is 284 g/mol. The Morgan fingerprint density at radius 3 is 2.95 bits per heavy atom. The van der Waals surface area contributed by atoms with E-state index >= 15 is 0 Å². The topological polar surface area (TPSA) is 85.0 Å². The van der Waals surface area contributed by atoms with Gasteiger partial charge in [-0.3, -0.25) is 4.90 Å². The Morgan fingerprint density at radius 2 is 2.30 bits per heavy atom. The first kappa shape index (κ1) is 15.0. The van der Waals surface area contributed by atoms with Crippen LogP contribution in [0.4, 0.5) is 0 Å². The van der Waals surface area contributed by atoms with Gasteiger partial charge < -0.3 is 19.1 Å². The monoisotopic (exact) mass is 284 g/mol. The molecule has 1 N–H and O–H groups in total. The predicted octanol–water partition coefficient (Wildman–Crippen LogP) is 0.887. The van der Waals surface area contributed by atoms with E-state index in [0.717, 1.165) is 43.9 Å². The second-order valence-electron chi connectivity index (χ2n) is 4.90. The lowest BCUT2D eigenvalue weighted by Gasteiger charge is -2.30. The smallest absolute Gasteiger partial charge is 0.329 e. The summed E-state index contributed by atoms with van der Waals surface area (Å²) in [6, 6.07) is 1.90. The lowest BCUT2D eigenvalue weighted by molar-refractivity contribution is -0.145. The largest absolute Gasteiger partial charge is 0.480 e. The highest BCUT2D eigenvalue weighted by Crippen LogP contribution is 2.16. The van der Waals surface area contributed by atoms with Crippen molar-refractivity contribution >= 4 is 5.97 Å². The van der Waals surface area contributed by atoms with Crippen LogP contribution in [0, 0.1) is 0 Å². The van der Waals surface area contributed by atoms with Crippen molar-refractivity contribution in [2.45, 2.75) is 32.1 Å². The molecule has 0 aromatic carbocycles. The van der Waals surface area contributed by atoms with Crippen molar-refractivity contribution in [3.05, 3.63) is 17.5 Å². The molecule has 112 valence electrons. The number of aliphatic carboxylic acids is 1. The molecule has 0 aliphatic carbocycles. The number of likely N-dealkylation sites (tertiary alicyclic amines) is 1. The number of carboxylic acids is 1. The van der Waals surface area contributed by atoms with Gasteiger partial charge in [0.15, 0.2) is 5.76 Å². The maximum Gasteiger partial charge on any atom is 0.329 e. The molecule has 0 radical (unpaired) electrons. The van der Waals surface area contributed by atoms with Crippen LogP contribution in [0.25, 0.3) is 0 Å². The number of carboxylic acid groups (broad SMARTS) is 1. The van der Waals surface area contributed by atoms with Gasteiger partial charge in [0.2, 0.25) is 0 Å². The molecule has 0 spiro atoms. The molecule has 0 bridgehead atoms. The van der Waals surface area contributed by atoms with Crippen LogP contribution in [0.1, 0.15) is 24.3 Å². The number of hydrogen-bond acceptors (Lipinski definition) is 6. The van der Waals surface area contributed by atoms with Crippen molar-refractivity contribution in [2.75, 3.05) is 26.8 Å². The van der Waals surface area contributed by atoms with E-state index in [1.54, 1.807) is 7.11 Å². The molecule has 2 rings (SSSR count). The zero-order chi connectivity index (χ0) is 14.4. The molecule has 0 amide bonds. The van der Waals surface area contributed by atoms with E-state index < -0.39 is 5.97 Å². The molecule has 7 nitrogen and oxygen atoms in total. The highest BCUT2D eigenvalue weighted by atomic mass is 16.5. The fourth-order valence-corrected chi connectivity index (χ4v) is 2.29. The summed E-state index contributed by atoms with van der Waals surface area (Å²) in [5.41, 5.74) is 0.891. The summed E-state index contributed by atoms with van der Waals surface area (Å²) in [6.45, 7) is 2.69. The van der Waals surface area contributed by atoms with Gasteiger partial charge in [0.05, 0.1) is 11.8 Å². The molecule has 1 saturated heterocycles. The molecule has 7 heteroatoms. The molecule has 1 aromatic heterocycles. The van der Waals surface area contributed by atoms with E-state index in [4.69, 9.17) is 19.1 Å². The highest BCUT2D eigenvalue weighted by Gasteiger charge is 2.21. The number of nitrogens with zero attached hydrogens (tertiary/aromatic N) is 2. The molecule has 1 fully saturated rings. The van der Waals surface area contributed by atoms with Gasteiger partial charge in [0, 0.05) is 32.8 Å². The van der Waals surface area contributed by atoms with Crippen molar-refractivity contribution in [1.82, 2.24) is 10.1 Å². The Labute approximate surface area is 117 Å². The van der Waals surface area contributed by atoms with E-state index in [0.29, 0.717) is 6.61 Å². The maximum atomic E-state index is 10.4. The van der Waals surface area contributed by atoms with Crippen molar-refractivity contribution in [3.8, 4) is 0 Å². The van der Waals surface area contributed by atoms with Gasteiger partial charge in [-0.05, 0) is 12.8 Å². The van der Waals surface area contributed by atoms with Crippen molar-refractivity contribution in [1.29, 1.82) is 0 Å². The molecule has 2 heterocycles. The average Bonchev–Trinajstić information content (AvgIpc) is 2.86. The highest BCUT2D eigenvalue weighted by molar-refractivity contribution is 5.68. The summed E-state index contributed by atoms with van der Waals surface area (Å²) in [7, 11) is 1.62. The third-order valence-corrected chi connectivity index (χ3v) is 3.26. The van der Waals surface area contributed by atoms with E-state index in [1.807, 2.05) is 6.07 Å². The summed E-state index contributed by atoms with van der Waals surface area (Å²) in [5, 5.41) is 12.6. The molecule has 0 saturated carbocycles. The van der Waals surface area contributed by atoms with E-state index in [-0.39, 0.29) is 12.7 Å². The van der Waals surface area contributed by atoms with Crippen molar-refractivity contribution in [2.24, 2.45) is 0 Å². The number of carbonyl (C=O) groups is 1. The first-order chi connectivity index (χ1) is 9.67. The number of hydrogen-bond donors (Lipinski definition) is 1. The standard InChI is InChI=1S/C13H20N2O5/c1-18-8-12-6-10(14-20-12)7-15-4-2-11(3-5-15)19-9-13(16)17/h6,11H,2-5,7-9H2,1H3,(H,16,17). The summed E-state index contributed by atoms with van der Waals surface area (Å²) >= 11 is 0. The lowest BCUT2D eigenvalue weighted by atomic mass is 10.1. The van der Waals surface area contributed by atoms with E-state index in [2.05, 4.69) is 10.1 Å². The predicted molar refractivity (Wildman–Crippen MR) is 69.1 cm³/mol. The molecule has 0 unspecified atom stereocenters. The lowest BCUT2D eigenvalue weighted by Crippen LogP contribution is -2.37. The van der Waals surface area contributed by atoms with Crippen LogP contribution in [0.5, 0.6) is 0 Å². The Bertz CT molecular complexity index is 426. The van der Waals surface area contributed by atoms with Crippen LogP contribution in [-0.4, -0.2) is 54.0 Å². The van der Waals surface area contributed by atoms with Crippen LogP contribution in [0.2, 0.25) is 0 Å². The number of piperidine rings is 1. The summed E-state index contributed by atoms with van der Waals surface area (Å²) in [4.78, 5) is 12.7. The molecule has 1 aliphatic heterocycles. The second-order valence-corrected chi connectivity index (χ2v) is 4.90. The fourth-order valence-electron chi connectivity index (χ4n) is 2.29. The summed E-state index contributed by atoms with van der Waals surface area (Å²) < 4.78 is 15.4. The minimum absolute atomic E-state index is 0.0451. The Morgan fingerprint density at radius 1 is 1.55 bits per heavy atom. The van der Waals surface area contributed by atoms with Gasteiger partial charge in [0.1, 0.15) is 13.2 Å². The molecule has 1 aromatic rings. The second kappa shape index (κ2) is 7.37. The first-order valence-electron chi connectivity index (χ1n) is 6.66. The third-order valence-electron chi connectivity index (χ3n) is 3.26. The minimum atomic E-state index is -0.916. The third kappa shape index (κ3) is 4.59. The zero-order valence-corrected chi connectivity index (χ0v) is 11.6. The van der Waals surface area contributed by atoms with Gasteiger partial charge in [-0.25, -0.2) is 4.79 Å². The molecule has 1 aliphatic rings. The number of aromatic nitrogens is 1. The Hall–Kier alpha value is -1.44. The molecule has 20 heavy (non-hydrogen) atoms. The first-order valence-corrected chi connectivity index (χ1v) is 6.66. The SMILES string of the molecule is COCc1cc(CN2CCC(OCC(=O)O)CC2)no1. The zero-order valence-electron chi connectivity index (χ0n) is 11.6. The number of ether oxygens (including phenoxy) is 2. The van der Waals surface area contributed by atoms with Gasteiger partial charge in [-0.1, -0.05) is 5.16 Å². The van der Waals surface area contributed by atoms with Crippen LogP contribution in [0.3, 0.4) is 0 Å².